The first-order valence-electron chi connectivity index (χ1n) is 6.05. The van der Waals surface area contributed by atoms with Gasteiger partial charge in [-0.15, -0.1) is 10.2 Å². The van der Waals surface area contributed by atoms with Gasteiger partial charge in [0.15, 0.2) is 11.0 Å². The van der Waals surface area contributed by atoms with E-state index in [1.807, 2.05) is 6.92 Å². The molecule has 2 fully saturated rings. The van der Waals surface area contributed by atoms with Crippen LogP contribution < -0.4 is 4.90 Å². The van der Waals surface area contributed by atoms with Crippen LogP contribution in [0.15, 0.2) is 0 Å². The number of rotatable bonds is 1. The Kier molecular flexibility index (Phi) is 2.71. The number of anilines is 1. The van der Waals surface area contributed by atoms with Gasteiger partial charge in [0.25, 0.3) is 0 Å². The van der Waals surface area contributed by atoms with Gasteiger partial charge < -0.3 is 9.64 Å². The van der Waals surface area contributed by atoms with E-state index in [4.69, 9.17) is 16.3 Å². The Labute approximate surface area is 106 Å². The summed E-state index contributed by atoms with van der Waals surface area (Å²) in [6, 6.07) is 0. The van der Waals surface area contributed by atoms with E-state index in [0.717, 1.165) is 30.0 Å². The van der Waals surface area contributed by atoms with E-state index in [9.17, 15) is 0 Å². The lowest BCUT2D eigenvalue weighted by Crippen LogP contribution is -2.43. The maximum atomic E-state index is 5.98. The summed E-state index contributed by atoms with van der Waals surface area (Å²) in [6.07, 6.45) is 3.07. The van der Waals surface area contributed by atoms with Crippen molar-refractivity contribution in [2.45, 2.75) is 38.9 Å². The molecule has 2 saturated heterocycles. The highest BCUT2D eigenvalue weighted by atomic mass is 35.5. The molecular weight excluding hydrogens is 238 g/mol. The molecule has 0 saturated carbocycles. The zero-order valence-electron chi connectivity index (χ0n) is 10.1. The van der Waals surface area contributed by atoms with Gasteiger partial charge >= 0.3 is 0 Å². The molecule has 5 heteroatoms. The van der Waals surface area contributed by atoms with Gasteiger partial charge in [-0.3, -0.25) is 0 Å². The van der Waals surface area contributed by atoms with E-state index in [-0.39, 0.29) is 0 Å². The molecular formula is C12H16ClN3O. The van der Waals surface area contributed by atoms with Crippen molar-refractivity contribution in [3.63, 3.8) is 0 Å². The van der Waals surface area contributed by atoms with E-state index in [1.165, 1.54) is 12.8 Å². The SMILES string of the molecule is Cc1c(Cl)nnc(N2CC3CCC(C2)O3)c1C. The minimum atomic E-state index is 0.367. The summed E-state index contributed by atoms with van der Waals surface area (Å²) in [5, 5.41) is 8.77. The first kappa shape index (κ1) is 11.2. The van der Waals surface area contributed by atoms with Crippen LogP contribution in [0.3, 0.4) is 0 Å². The van der Waals surface area contributed by atoms with Crippen molar-refractivity contribution < 1.29 is 4.74 Å². The van der Waals surface area contributed by atoms with Crippen molar-refractivity contribution in [1.82, 2.24) is 10.2 Å². The molecule has 17 heavy (non-hydrogen) atoms. The minimum Gasteiger partial charge on any atom is -0.371 e. The molecule has 0 N–H and O–H groups in total. The summed E-state index contributed by atoms with van der Waals surface area (Å²) in [4.78, 5) is 2.29. The average Bonchev–Trinajstić information content (AvgIpc) is 2.65. The maximum absolute atomic E-state index is 5.98. The number of hydrogen-bond acceptors (Lipinski definition) is 4. The van der Waals surface area contributed by atoms with Crippen LogP contribution >= 0.6 is 11.6 Å². The summed E-state index contributed by atoms with van der Waals surface area (Å²) in [5.41, 5.74) is 2.15. The lowest BCUT2D eigenvalue weighted by Gasteiger charge is -2.33. The third kappa shape index (κ3) is 1.89. The number of morpholine rings is 1. The molecule has 2 atom stereocenters. The Bertz CT molecular complexity index is 440. The molecule has 0 aliphatic carbocycles. The van der Waals surface area contributed by atoms with Crippen LogP contribution in [0.25, 0.3) is 0 Å². The molecule has 0 amide bonds. The normalized spacial score (nSPS) is 27.6. The number of aromatic nitrogens is 2. The van der Waals surface area contributed by atoms with Crippen molar-refractivity contribution in [1.29, 1.82) is 0 Å². The summed E-state index contributed by atoms with van der Waals surface area (Å²) in [7, 11) is 0. The van der Waals surface area contributed by atoms with Crippen molar-refractivity contribution in [2.75, 3.05) is 18.0 Å². The molecule has 1 aromatic heterocycles. The van der Waals surface area contributed by atoms with Crippen molar-refractivity contribution in [3.8, 4) is 0 Å². The second kappa shape index (κ2) is 4.10. The molecule has 2 aliphatic rings. The molecule has 0 aromatic carbocycles. The molecule has 3 rings (SSSR count). The van der Waals surface area contributed by atoms with E-state index < -0.39 is 0 Å². The highest BCUT2D eigenvalue weighted by molar-refractivity contribution is 6.30. The van der Waals surface area contributed by atoms with Crippen molar-refractivity contribution in [2.24, 2.45) is 0 Å². The van der Waals surface area contributed by atoms with Gasteiger partial charge in [-0.2, -0.15) is 0 Å². The fourth-order valence-electron chi connectivity index (χ4n) is 2.65. The van der Waals surface area contributed by atoms with Crippen molar-refractivity contribution >= 4 is 17.4 Å². The van der Waals surface area contributed by atoms with Gasteiger partial charge in [-0.25, -0.2) is 0 Å². The molecule has 1 aromatic rings. The van der Waals surface area contributed by atoms with Crippen LogP contribution in [0, 0.1) is 13.8 Å². The summed E-state index contributed by atoms with van der Waals surface area (Å²) < 4.78 is 5.83. The topological polar surface area (TPSA) is 38.2 Å². The number of hydrogen-bond donors (Lipinski definition) is 0. The van der Waals surface area contributed by atoms with Gasteiger partial charge in [-0.05, 0) is 37.8 Å². The number of halogens is 1. The Hall–Kier alpha value is -0.870. The summed E-state index contributed by atoms with van der Waals surface area (Å²) >= 11 is 5.98. The van der Waals surface area contributed by atoms with Crippen molar-refractivity contribution in [3.05, 3.63) is 16.3 Å². The van der Waals surface area contributed by atoms with Gasteiger partial charge in [0.1, 0.15) is 0 Å². The standard InChI is InChI=1S/C12H16ClN3O/c1-7-8(2)12(15-14-11(7)13)16-5-9-3-4-10(6-16)17-9/h9-10H,3-6H2,1-2H3. The lowest BCUT2D eigenvalue weighted by atomic mass is 10.1. The second-order valence-corrected chi connectivity index (χ2v) is 5.28. The third-order valence-corrected chi connectivity index (χ3v) is 4.14. The zero-order valence-corrected chi connectivity index (χ0v) is 10.9. The first-order valence-corrected chi connectivity index (χ1v) is 6.42. The number of ether oxygens (including phenoxy) is 1. The highest BCUT2D eigenvalue weighted by Crippen LogP contribution is 2.31. The smallest absolute Gasteiger partial charge is 0.155 e. The van der Waals surface area contributed by atoms with E-state index >= 15 is 0 Å². The molecule has 0 radical (unpaired) electrons. The fourth-order valence-corrected chi connectivity index (χ4v) is 2.83. The highest BCUT2D eigenvalue weighted by Gasteiger charge is 2.35. The zero-order chi connectivity index (χ0) is 12.0. The van der Waals surface area contributed by atoms with E-state index in [0.29, 0.717) is 17.4 Å². The molecule has 3 heterocycles. The Balaban J connectivity index is 1.92. The second-order valence-electron chi connectivity index (χ2n) is 4.93. The van der Waals surface area contributed by atoms with Crippen LogP contribution in [-0.2, 0) is 4.74 Å². The third-order valence-electron chi connectivity index (χ3n) is 3.78. The largest absolute Gasteiger partial charge is 0.371 e. The summed E-state index contributed by atoms with van der Waals surface area (Å²) in [5.74, 6) is 0.965. The number of nitrogens with zero attached hydrogens (tertiary/aromatic N) is 3. The van der Waals surface area contributed by atoms with Crippen LogP contribution in [0.2, 0.25) is 5.15 Å². The van der Waals surface area contributed by atoms with Crippen LogP contribution in [-0.4, -0.2) is 35.5 Å². The minimum absolute atomic E-state index is 0.367. The van der Waals surface area contributed by atoms with Crippen LogP contribution in [0.5, 0.6) is 0 Å². The van der Waals surface area contributed by atoms with E-state index in [2.05, 4.69) is 22.0 Å². The number of fused-ring (bicyclic) bond motifs is 2. The summed E-state index contributed by atoms with van der Waals surface area (Å²) in [6.45, 7) is 5.90. The molecule has 92 valence electrons. The average molecular weight is 254 g/mol. The lowest BCUT2D eigenvalue weighted by molar-refractivity contribution is 0.0301. The quantitative estimate of drug-likeness (QED) is 0.769. The van der Waals surface area contributed by atoms with Crippen LogP contribution in [0.4, 0.5) is 5.82 Å². The Morgan fingerprint density at radius 3 is 2.41 bits per heavy atom. The maximum Gasteiger partial charge on any atom is 0.155 e. The molecule has 2 unspecified atom stereocenters. The predicted octanol–water partition coefficient (Wildman–Crippen LogP) is 2.11. The van der Waals surface area contributed by atoms with Gasteiger partial charge in [-0.1, -0.05) is 11.6 Å². The monoisotopic (exact) mass is 253 g/mol. The molecule has 0 spiro atoms. The van der Waals surface area contributed by atoms with Gasteiger partial charge in [0.05, 0.1) is 12.2 Å². The Morgan fingerprint density at radius 1 is 1.12 bits per heavy atom. The van der Waals surface area contributed by atoms with Gasteiger partial charge in [0, 0.05) is 13.1 Å². The first-order chi connectivity index (χ1) is 8.15. The fraction of sp³-hybridized carbons (Fsp3) is 0.667. The molecule has 2 bridgehead atoms. The van der Waals surface area contributed by atoms with Crippen LogP contribution in [0.1, 0.15) is 24.0 Å². The molecule has 4 nitrogen and oxygen atoms in total. The molecule has 2 aliphatic heterocycles. The Morgan fingerprint density at radius 2 is 1.76 bits per heavy atom. The van der Waals surface area contributed by atoms with Gasteiger partial charge in [0.2, 0.25) is 0 Å². The predicted molar refractivity (Wildman–Crippen MR) is 66.6 cm³/mol. The van der Waals surface area contributed by atoms with E-state index in [1.54, 1.807) is 0 Å².